The van der Waals surface area contributed by atoms with Crippen LogP contribution in [0.2, 0.25) is 0 Å². The number of piperidine rings is 1. The highest BCUT2D eigenvalue weighted by Crippen LogP contribution is 2.27. The number of benzene rings is 1. The molecule has 1 aromatic carbocycles. The third kappa shape index (κ3) is 4.50. The highest BCUT2D eigenvalue weighted by atomic mass is 32.2. The van der Waals surface area contributed by atoms with Crippen molar-refractivity contribution in [1.29, 1.82) is 0 Å². The van der Waals surface area contributed by atoms with E-state index >= 15 is 0 Å². The highest BCUT2D eigenvalue weighted by molar-refractivity contribution is 7.89. The Bertz CT molecular complexity index is 718. The smallest absolute Gasteiger partial charge is 0.326 e. The number of nitrogens with one attached hydrogen (secondary N) is 1. The summed E-state index contributed by atoms with van der Waals surface area (Å²) in [4.78, 5) is 10.9. The van der Waals surface area contributed by atoms with Gasteiger partial charge in [0.1, 0.15) is 0 Å². The van der Waals surface area contributed by atoms with Crippen molar-refractivity contribution < 1.29 is 26.4 Å². The molecule has 0 radical (unpaired) electrons. The molecule has 2 rings (SSSR count). The lowest BCUT2D eigenvalue weighted by molar-refractivity contribution is -0.167. The minimum Gasteiger partial charge on any atom is -0.326 e. The first-order valence-electron chi connectivity index (χ1n) is 7.79. The molecular weight excluding hydrogens is 359 g/mol. The topological polar surface area (TPSA) is 92.5 Å². The number of alkyl halides is 3. The molecule has 1 amide bonds. The maximum Gasteiger partial charge on any atom is 0.471 e. The Morgan fingerprint density at radius 2 is 1.88 bits per heavy atom. The molecule has 0 spiro atoms. The second-order valence-electron chi connectivity index (χ2n) is 6.01. The average molecular weight is 379 g/mol. The minimum absolute atomic E-state index is 0.0509. The number of nitrogens with two attached hydrogens (primary N) is 1. The summed E-state index contributed by atoms with van der Waals surface area (Å²) in [6.45, 7) is 2.09. The first-order valence-corrected chi connectivity index (χ1v) is 9.23. The highest BCUT2D eigenvalue weighted by Gasteiger charge is 2.39. The van der Waals surface area contributed by atoms with Crippen molar-refractivity contribution in [3.05, 3.63) is 24.3 Å². The van der Waals surface area contributed by atoms with Crippen LogP contribution in [0.5, 0.6) is 0 Å². The lowest BCUT2D eigenvalue weighted by Crippen LogP contribution is -2.51. The second-order valence-corrected chi connectivity index (χ2v) is 7.90. The van der Waals surface area contributed by atoms with Gasteiger partial charge in [0.25, 0.3) is 0 Å². The van der Waals surface area contributed by atoms with Gasteiger partial charge in [-0.15, -0.1) is 0 Å². The Hall–Kier alpha value is -1.65. The third-order valence-corrected chi connectivity index (χ3v) is 6.02. The number of carbonyl (C=O) groups excluding carboxylic acids is 1. The molecule has 0 saturated carbocycles. The maximum atomic E-state index is 12.8. The number of nitrogens with zero attached hydrogens (tertiary/aromatic N) is 1. The van der Waals surface area contributed by atoms with E-state index in [1.807, 2.05) is 0 Å². The molecule has 1 aliphatic heterocycles. The summed E-state index contributed by atoms with van der Waals surface area (Å²) < 4.78 is 63.7. The molecule has 10 heteroatoms. The standard InChI is InChI=1S/C15H20F3N3O3S/c1-10(19)13-4-2-3-9-21(13)25(23,24)12-7-5-11(6-8-12)20-14(22)15(16,17)18/h5-8,10,13H,2-4,9,19H2,1H3,(H,20,22). The van der Waals surface area contributed by atoms with Gasteiger partial charge < -0.3 is 11.1 Å². The molecule has 0 aromatic heterocycles. The van der Waals surface area contributed by atoms with Crippen LogP contribution in [0.25, 0.3) is 0 Å². The van der Waals surface area contributed by atoms with Crippen LogP contribution in [-0.4, -0.2) is 43.4 Å². The molecule has 140 valence electrons. The zero-order valence-electron chi connectivity index (χ0n) is 13.6. The molecule has 6 nitrogen and oxygen atoms in total. The predicted molar refractivity (Wildman–Crippen MR) is 86.3 cm³/mol. The van der Waals surface area contributed by atoms with Crippen LogP contribution in [0.3, 0.4) is 0 Å². The molecule has 1 aliphatic rings. The van der Waals surface area contributed by atoms with Crippen LogP contribution >= 0.6 is 0 Å². The zero-order chi connectivity index (χ0) is 18.8. The average Bonchev–Trinajstić information content (AvgIpc) is 2.54. The number of hydrogen-bond donors (Lipinski definition) is 2. The van der Waals surface area contributed by atoms with Crippen molar-refractivity contribution >= 4 is 21.6 Å². The molecule has 0 aliphatic carbocycles. The summed E-state index contributed by atoms with van der Waals surface area (Å²) in [7, 11) is -3.81. The summed E-state index contributed by atoms with van der Waals surface area (Å²) in [5, 5.41) is 1.67. The van der Waals surface area contributed by atoms with E-state index in [4.69, 9.17) is 5.73 Å². The Morgan fingerprint density at radius 1 is 1.28 bits per heavy atom. The largest absolute Gasteiger partial charge is 0.471 e. The van der Waals surface area contributed by atoms with Gasteiger partial charge in [-0.1, -0.05) is 6.42 Å². The Morgan fingerprint density at radius 3 is 2.40 bits per heavy atom. The first kappa shape index (κ1) is 19.7. The normalized spacial score (nSPS) is 20.9. The number of amides is 1. The van der Waals surface area contributed by atoms with E-state index in [9.17, 15) is 26.4 Å². The number of halogens is 3. The van der Waals surface area contributed by atoms with Crippen LogP contribution in [0.4, 0.5) is 18.9 Å². The van der Waals surface area contributed by atoms with Gasteiger partial charge in [0.2, 0.25) is 10.0 Å². The van der Waals surface area contributed by atoms with Crippen LogP contribution in [0.15, 0.2) is 29.2 Å². The predicted octanol–water partition coefficient (Wildman–Crippen LogP) is 2.08. The van der Waals surface area contributed by atoms with Gasteiger partial charge in [-0.05, 0) is 44.0 Å². The van der Waals surface area contributed by atoms with Gasteiger partial charge in [0.15, 0.2) is 0 Å². The third-order valence-electron chi connectivity index (χ3n) is 4.08. The number of hydrogen-bond acceptors (Lipinski definition) is 4. The van der Waals surface area contributed by atoms with Crippen LogP contribution in [0.1, 0.15) is 26.2 Å². The van der Waals surface area contributed by atoms with Crippen molar-refractivity contribution in [2.75, 3.05) is 11.9 Å². The molecule has 25 heavy (non-hydrogen) atoms. The lowest BCUT2D eigenvalue weighted by atomic mass is 10.00. The molecule has 1 aromatic rings. The number of carbonyl (C=O) groups is 1. The quantitative estimate of drug-likeness (QED) is 0.838. The lowest BCUT2D eigenvalue weighted by Gasteiger charge is -2.36. The zero-order valence-corrected chi connectivity index (χ0v) is 14.4. The fourth-order valence-corrected chi connectivity index (χ4v) is 4.58. The van der Waals surface area contributed by atoms with Crippen molar-refractivity contribution in [2.45, 2.75) is 49.3 Å². The molecule has 2 unspecified atom stereocenters. The van der Waals surface area contributed by atoms with Crippen molar-refractivity contribution in [3.63, 3.8) is 0 Å². The van der Waals surface area contributed by atoms with Gasteiger partial charge >= 0.3 is 12.1 Å². The van der Waals surface area contributed by atoms with Gasteiger partial charge in [0.05, 0.1) is 4.90 Å². The Labute approximate surface area is 144 Å². The van der Waals surface area contributed by atoms with Gasteiger partial charge in [-0.3, -0.25) is 4.79 Å². The van der Waals surface area contributed by atoms with Crippen molar-refractivity contribution in [2.24, 2.45) is 5.73 Å². The van der Waals surface area contributed by atoms with Crippen LogP contribution < -0.4 is 11.1 Å². The van der Waals surface area contributed by atoms with E-state index < -0.39 is 22.1 Å². The first-order chi connectivity index (χ1) is 11.5. The summed E-state index contributed by atoms with van der Waals surface area (Å²) in [6.07, 6.45) is -2.73. The summed E-state index contributed by atoms with van der Waals surface area (Å²) >= 11 is 0. The monoisotopic (exact) mass is 379 g/mol. The SMILES string of the molecule is CC(N)C1CCCCN1S(=O)(=O)c1ccc(NC(=O)C(F)(F)F)cc1. The van der Waals surface area contributed by atoms with Gasteiger partial charge in [-0.2, -0.15) is 17.5 Å². The fraction of sp³-hybridized carbons (Fsp3) is 0.533. The fourth-order valence-electron chi connectivity index (χ4n) is 2.80. The van der Waals surface area contributed by atoms with Crippen molar-refractivity contribution in [1.82, 2.24) is 4.31 Å². The number of anilines is 1. The molecule has 1 fully saturated rings. The Balaban J connectivity index is 2.21. The molecule has 0 bridgehead atoms. The molecule has 1 saturated heterocycles. The molecule has 3 N–H and O–H groups in total. The summed E-state index contributed by atoms with van der Waals surface area (Å²) in [5.41, 5.74) is 5.76. The number of sulfonamides is 1. The maximum absolute atomic E-state index is 12.8. The molecular formula is C15H20F3N3O3S. The minimum atomic E-state index is -5.01. The molecule has 2 atom stereocenters. The Kier molecular flexibility index (Phi) is 5.75. The second kappa shape index (κ2) is 7.30. The number of rotatable bonds is 4. The van der Waals surface area contributed by atoms with Crippen LogP contribution in [-0.2, 0) is 14.8 Å². The van der Waals surface area contributed by atoms with E-state index in [2.05, 4.69) is 0 Å². The van der Waals surface area contributed by atoms with E-state index in [1.54, 1.807) is 12.2 Å². The van der Waals surface area contributed by atoms with E-state index in [0.717, 1.165) is 25.0 Å². The molecule has 1 heterocycles. The van der Waals surface area contributed by atoms with Crippen LogP contribution in [0, 0.1) is 0 Å². The van der Waals surface area contributed by atoms with E-state index in [1.165, 1.54) is 16.4 Å². The van der Waals surface area contributed by atoms with E-state index in [0.29, 0.717) is 13.0 Å². The summed E-state index contributed by atoms with van der Waals surface area (Å²) in [6, 6.07) is 3.95. The summed E-state index contributed by atoms with van der Waals surface area (Å²) in [5.74, 6) is -2.11. The van der Waals surface area contributed by atoms with Crippen molar-refractivity contribution in [3.8, 4) is 0 Å². The van der Waals surface area contributed by atoms with Gasteiger partial charge in [0, 0.05) is 24.3 Å². The van der Waals surface area contributed by atoms with E-state index in [-0.39, 0.29) is 22.7 Å². The van der Waals surface area contributed by atoms with Gasteiger partial charge in [-0.25, -0.2) is 8.42 Å².